The molecule has 1 aromatic heterocycles. The van der Waals surface area contributed by atoms with Crippen molar-refractivity contribution >= 4 is 17.7 Å². The molecular formula is C26H34N4O2S. The minimum atomic E-state index is -0.274. The molecule has 0 aliphatic rings. The van der Waals surface area contributed by atoms with E-state index >= 15 is 0 Å². The number of amides is 1. The van der Waals surface area contributed by atoms with E-state index in [1.165, 1.54) is 17.3 Å². The molecule has 1 heterocycles. The zero-order valence-corrected chi connectivity index (χ0v) is 21.0. The van der Waals surface area contributed by atoms with Gasteiger partial charge in [0.2, 0.25) is 5.91 Å². The van der Waals surface area contributed by atoms with Gasteiger partial charge in [0.15, 0.2) is 11.0 Å². The summed E-state index contributed by atoms with van der Waals surface area (Å²) in [6.07, 6.45) is 1.00. The molecule has 0 bridgehead atoms. The van der Waals surface area contributed by atoms with E-state index in [-0.39, 0.29) is 11.2 Å². The largest absolute Gasteiger partial charge is 0.486 e. The second-order valence-electron chi connectivity index (χ2n) is 8.63. The smallest absolute Gasteiger partial charge is 0.235 e. The molecule has 1 unspecified atom stereocenters. The van der Waals surface area contributed by atoms with Gasteiger partial charge in [-0.3, -0.25) is 4.79 Å². The van der Waals surface area contributed by atoms with Gasteiger partial charge in [0, 0.05) is 20.1 Å². The van der Waals surface area contributed by atoms with Gasteiger partial charge in [-0.25, -0.2) is 0 Å². The Kier molecular flexibility index (Phi) is 8.95. The molecule has 0 saturated carbocycles. The van der Waals surface area contributed by atoms with Crippen molar-refractivity contribution in [3.63, 3.8) is 0 Å². The Morgan fingerprint density at radius 2 is 1.73 bits per heavy atom. The minimum Gasteiger partial charge on any atom is -0.486 e. The highest BCUT2D eigenvalue weighted by Gasteiger charge is 2.23. The van der Waals surface area contributed by atoms with Crippen LogP contribution in [0.5, 0.6) is 5.75 Å². The van der Waals surface area contributed by atoms with Crippen LogP contribution in [0.1, 0.15) is 44.6 Å². The molecule has 1 amide bonds. The molecule has 0 fully saturated rings. The lowest BCUT2D eigenvalue weighted by molar-refractivity contribution is -0.129. The summed E-state index contributed by atoms with van der Waals surface area (Å²) >= 11 is 1.45. The Labute approximate surface area is 201 Å². The van der Waals surface area contributed by atoms with Gasteiger partial charge < -0.3 is 14.2 Å². The molecule has 2 aromatic carbocycles. The lowest BCUT2D eigenvalue weighted by Crippen LogP contribution is -2.33. The van der Waals surface area contributed by atoms with Gasteiger partial charge >= 0.3 is 0 Å². The van der Waals surface area contributed by atoms with Gasteiger partial charge in [-0.2, -0.15) is 0 Å². The van der Waals surface area contributed by atoms with E-state index in [1.54, 1.807) is 4.90 Å². The number of aromatic nitrogens is 3. The molecule has 0 radical (unpaired) electrons. The molecule has 3 rings (SSSR count). The quantitative estimate of drug-likeness (QED) is 0.363. The first-order valence-electron chi connectivity index (χ1n) is 11.5. The van der Waals surface area contributed by atoms with Crippen LogP contribution in [0.4, 0.5) is 0 Å². The van der Waals surface area contributed by atoms with Gasteiger partial charge in [0.1, 0.15) is 12.4 Å². The molecule has 0 spiro atoms. The third-order valence-electron chi connectivity index (χ3n) is 5.31. The SMILES string of the molecule is CCc1ccc(OCc2nnc(SC(C)C(=O)N(C)Cc3ccccc3)n2CC(C)C)cc1. The molecule has 0 aliphatic heterocycles. The molecule has 176 valence electrons. The Morgan fingerprint density at radius 3 is 2.36 bits per heavy atom. The van der Waals surface area contributed by atoms with E-state index in [0.29, 0.717) is 19.1 Å². The number of ether oxygens (including phenoxy) is 1. The van der Waals surface area contributed by atoms with Crippen molar-refractivity contribution in [3.05, 3.63) is 71.5 Å². The molecule has 0 aliphatic carbocycles. The average molecular weight is 467 g/mol. The number of hydrogen-bond donors (Lipinski definition) is 0. The Morgan fingerprint density at radius 1 is 1.03 bits per heavy atom. The van der Waals surface area contributed by atoms with E-state index in [2.05, 4.69) is 47.7 Å². The van der Waals surface area contributed by atoms with Crippen LogP contribution in [0.25, 0.3) is 0 Å². The van der Waals surface area contributed by atoms with Gasteiger partial charge in [-0.15, -0.1) is 10.2 Å². The van der Waals surface area contributed by atoms with E-state index in [1.807, 2.05) is 56.4 Å². The number of carbonyl (C=O) groups is 1. The summed E-state index contributed by atoms with van der Waals surface area (Å²) in [4.78, 5) is 14.7. The third kappa shape index (κ3) is 7.09. The van der Waals surface area contributed by atoms with Crippen molar-refractivity contribution in [2.45, 2.75) is 64.2 Å². The molecular weight excluding hydrogens is 432 g/mol. The van der Waals surface area contributed by atoms with Crippen LogP contribution in [0, 0.1) is 5.92 Å². The Hall–Kier alpha value is -2.80. The summed E-state index contributed by atoms with van der Waals surface area (Å²) in [5, 5.41) is 9.26. The lowest BCUT2D eigenvalue weighted by Gasteiger charge is -2.21. The van der Waals surface area contributed by atoms with Crippen LogP contribution >= 0.6 is 11.8 Å². The molecule has 0 saturated heterocycles. The van der Waals surface area contributed by atoms with Crippen LogP contribution in [-0.2, 0) is 30.9 Å². The Bertz CT molecular complexity index is 1020. The molecule has 0 N–H and O–H groups in total. The van der Waals surface area contributed by atoms with Crippen molar-refractivity contribution in [2.75, 3.05) is 7.05 Å². The second-order valence-corrected chi connectivity index (χ2v) is 9.94. The summed E-state index contributed by atoms with van der Waals surface area (Å²) in [5.41, 5.74) is 2.39. The topological polar surface area (TPSA) is 60.3 Å². The van der Waals surface area contributed by atoms with Gasteiger partial charge in [-0.1, -0.05) is 75.0 Å². The summed E-state index contributed by atoms with van der Waals surface area (Å²) < 4.78 is 8.06. The summed E-state index contributed by atoms with van der Waals surface area (Å²) in [5.74, 6) is 2.06. The number of benzene rings is 2. The standard InChI is InChI=1S/C26H34N4O2S/c1-6-21-12-14-23(15-13-21)32-18-24-27-28-26(30(24)16-19(2)3)33-20(4)25(31)29(5)17-22-10-8-7-9-11-22/h7-15,19-20H,6,16-18H2,1-5H3. The number of thioether (sulfide) groups is 1. The summed E-state index contributed by atoms with van der Waals surface area (Å²) in [6, 6.07) is 18.1. The highest BCUT2D eigenvalue weighted by molar-refractivity contribution is 8.00. The third-order valence-corrected chi connectivity index (χ3v) is 6.38. The highest BCUT2D eigenvalue weighted by atomic mass is 32.2. The van der Waals surface area contributed by atoms with Crippen LogP contribution in [0.3, 0.4) is 0 Å². The fraction of sp³-hybridized carbons (Fsp3) is 0.423. The lowest BCUT2D eigenvalue weighted by atomic mass is 10.2. The van der Waals surface area contributed by atoms with Crippen molar-refractivity contribution in [1.29, 1.82) is 0 Å². The van der Waals surface area contributed by atoms with Crippen LogP contribution in [-0.4, -0.2) is 37.9 Å². The zero-order valence-electron chi connectivity index (χ0n) is 20.2. The monoisotopic (exact) mass is 466 g/mol. The normalized spacial score (nSPS) is 12.1. The fourth-order valence-electron chi connectivity index (χ4n) is 3.48. The molecule has 3 aromatic rings. The number of hydrogen-bond acceptors (Lipinski definition) is 5. The maximum absolute atomic E-state index is 13.0. The van der Waals surface area contributed by atoms with E-state index in [0.717, 1.165) is 35.3 Å². The number of rotatable bonds is 11. The molecule has 1 atom stereocenters. The van der Waals surface area contributed by atoms with Gasteiger partial charge in [0.05, 0.1) is 5.25 Å². The van der Waals surface area contributed by atoms with E-state index < -0.39 is 0 Å². The van der Waals surface area contributed by atoms with Gasteiger partial charge in [0.25, 0.3) is 0 Å². The fourth-order valence-corrected chi connectivity index (χ4v) is 4.48. The number of carbonyl (C=O) groups excluding carboxylic acids is 1. The summed E-state index contributed by atoms with van der Waals surface area (Å²) in [7, 11) is 1.84. The van der Waals surface area contributed by atoms with Crippen molar-refractivity contribution < 1.29 is 9.53 Å². The van der Waals surface area contributed by atoms with Gasteiger partial charge in [-0.05, 0) is 42.5 Å². The molecule has 33 heavy (non-hydrogen) atoms. The maximum atomic E-state index is 13.0. The van der Waals surface area contributed by atoms with Crippen molar-refractivity contribution in [2.24, 2.45) is 5.92 Å². The van der Waals surface area contributed by atoms with Crippen molar-refractivity contribution in [3.8, 4) is 5.75 Å². The van der Waals surface area contributed by atoms with Crippen molar-refractivity contribution in [1.82, 2.24) is 19.7 Å². The number of nitrogens with zero attached hydrogens (tertiary/aromatic N) is 4. The first kappa shape index (κ1) is 24.8. The average Bonchev–Trinajstić information content (AvgIpc) is 3.18. The van der Waals surface area contributed by atoms with E-state index in [9.17, 15) is 4.79 Å². The van der Waals surface area contributed by atoms with E-state index in [4.69, 9.17) is 4.74 Å². The summed E-state index contributed by atoms with van der Waals surface area (Å²) in [6.45, 7) is 10.1. The van der Waals surface area contributed by atoms with Crippen LogP contribution < -0.4 is 4.74 Å². The first-order chi connectivity index (χ1) is 15.9. The molecule has 6 nitrogen and oxygen atoms in total. The Balaban J connectivity index is 1.67. The predicted octanol–water partition coefficient (Wildman–Crippen LogP) is 5.21. The highest BCUT2D eigenvalue weighted by Crippen LogP contribution is 2.25. The number of aryl methyl sites for hydroxylation is 1. The maximum Gasteiger partial charge on any atom is 0.235 e. The second kappa shape index (κ2) is 11.9. The predicted molar refractivity (Wildman–Crippen MR) is 133 cm³/mol. The zero-order chi connectivity index (χ0) is 23.8. The van der Waals surface area contributed by atoms with Crippen LogP contribution in [0.2, 0.25) is 0 Å². The minimum absolute atomic E-state index is 0.0664. The van der Waals surface area contributed by atoms with Crippen LogP contribution in [0.15, 0.2) is 59.8 Å². The first-order valence-corrected chi connectivity index (χ1v) is 12.3. The molecule has 7 heteroatoms.